The monoisotopic (exact) mass is 296 g/mol. The molecule has 1 heterocycles. The Morgan fingerprint density at radius 1 is 1.29 bits per heavy atom. The van der Waals surface area contributed by atoms with E-state index in [1.165, 1.54) is 23.3 Å². The van der Waals surface area contributed by atoms with Crippen molar-refractivity contribution in [3.8, 4) is 6.07 Å². The van der Waals surface area contributed by atoms with Crippen LogP contribution in [-0.4, -0.2) is 5.91 Å². The van der Waals surface area contributed by atoms with Crippen LogP contribution in [0.3, 0.4) is 0 Å². The van der Waals surface area contributed by atoms with Gasteiger partial charge in [0.2, 0.25) is 0 Å². The van der Waals surface area contributed by atoms with Crippen LogP contribution in [0.25, 0.3) is 0 Å². The molecule has 0 spiro atoms. The van der Waals surface area contributed by atoms with Crippen molar-refractivity contribution in [2.24, 2.45) is 0 Å². The van der Waals surface area contributed by atoms with Crippen molar-refractivity contribution < 1.29 is 4.79 Å². The van der Waals surface area contributed by atoms with E-state index in [1.54, 1.807) is 23.5 Å². The first kappa shape index (κ1) is 13.8. The summed E-state index contributed by atoms with van der Waals surface area (Å²) in [5.41, 5.74) is 3.56. The normalized spacial score (nSPS) is 13.3. The number of benzene rings is 1. The van der Waals surface area contributed by atoms with E-state index in [0.717, 1.165) is 23.3 Å². The van der Waals surface area contributed by atoms with Crippen molar-refractivity contribution in [2.75, 3.05) is 5.32 Å². The van der Waals surface area contributed by atoms with Gasteiger partial charge < -0.3 is 5.32 Å². The van der Waals surface area contributed by atoms with Gasteiger partial charge in [-0.1, -0.05) is 6.07 Å². The molecule has 0 saturated heterocycles. The van der Waals surface area contributed by atoms with E-state index in [-0.39, 0.29) is 5.91 Å². The molecular formula is C17H16N2OS. The summed E-state index contributed by atoms with van der Waals surface area (Å²) in [7, 11) is 0. The molecule has 106 valence electrons. The molecule has 0 fully saturated rings. The molecule has 4 heteroatoms. The van der Waals surface area contributed by atoms with Gasteiger partial charge in [-0.3, -0.25) is 4.79 Å². The highest BCUT2D eigenvalue weighted by Crippen LogP contribution is 2.30. The highest BCUT2D eigenvalue weighted by atomic mass is 32.1. The summed E-state index contributed by atoms with van der Waals surface area (Å²) in [6.07, 6.45) is 4.62. The summed E-state index contributed by atoms with van der Waals surface area (Å²) in [6.45, 7) is 1.93. The van der Waals surface area contributed by atoms with E-state index in [1.807, 2.05) is 19.1 Å². The topological polar surface area (TPSA) is 52.9 Å². The van der Waals surface area contributed by atoms with Crippen LogP contribution in [0.4, 0.5) is 5.69 Å². The average Bonchev–Trinajstić information content (AvgIpc) is 2.93. The Labute approximate surface area is 128 Å². The maximum atomic E-state index is 12.4. The molecule has 0 aliphatic heterocycles. The lowest BCUT2D eigenvalue weighted by Crippen LogP contribution is -2.11. The van der Waals surface area contributed by atoms with Crippen LogP contribution in [0.5, 0.6) is 0 Å². The molecule has 0 unspecified atom stereocenters. The fourth-order valence-electron chi connectivity index (χ4n) is 2.61. The minimum absolute atomic E-state index is 0.0763. The van der Waals surface area contributed by atoms with Crippen molar-refractivity contribution in [1.82, 2.24) is 0 Å². The number of carbonyl (C=O) groups excluding carboxylic acids is 1. The second-order valence-corrected chi connectivity index (χ2v) is 6.50. The number of nitriles is 1. The Hall–Kier alpha value is -2.12. The van der Waals surface area contributed by atoms with Gasteiger partial charge in [0.25, 0.3) is 5.91 Å². The first-order valence-corrected chi connectivity index (χ1v) is 7.92. The summed E-state index contributed by atoms with van der Waals surface area (Å²) < 4.78 is 0. The molecule has 1 aliphatic rings. The van der Waals surface area contributed by atoms with Crippen LogP contribution in [0, 0.1) is 18.3 Å². The standard InChI is InChI=1S/C17H16N2OS/c1-11-6-7-12(10-18)8-14(11)19-17(20)16-9-13-4-2-3-5-15(13)21-16/h6-9H,2-5H2,1H3,(H,19,20). The Kier molecular flexibility index (Phi) is 3.76. The third kappa shape index (κ3) is 2.84. The number of hydrogen-bond acceptors (Lipinski definition) is 3. The number of anilines is 1. The summed E-state index contributed by atoms with van der Waals surface area (Å²) in [5.74, 6) is -0.0763. The SMILES string of the molecule is Cc1ccc(C#N)cc1NC(=O)c1cc2c(s1)CCCC2. The molecule has 0 bridgehead atoms. The molecule has 1 amide bonds. The van der Waals surface area contributed by atoms with Gasteiger partial charge in [-0.2, -0.15) is 5.26 Å². The van der Waals surface area contributed by atoms with Crippen molar-refractivity contribution in [3.63, 3.8) is 0 Å². The Morgan fingerprint density at radius 3 is 2.86 bits per heavy atom. The summed E-state index contributed by atoms with van der Waals surface area (Å²) in [5, 5.41) is 11.9. The first-order chi connectivity index (χ1) is 10.2. The molecule has 2 aromatic rings. The number of fused-ring (bicyclic) bond motifs is 1. The third-order valence-electron chi connectivity index (χ3n) is 3.84. The largest absolute Gasteiger partial charge is 0.321 e. The molecule has 21 heavy (non-hydrogen) atoms. The molecule has 1 N–H and O–H groups in total. The molecule has 0 saturated carbocycles. The lowest BCUT2D eigenvalue weighted by atomic mass is 9.99. The zero-order valence-corrected chi connectivity index (χ0v) is 12.7. The van der Waals surface area contributed by atoms with E-state index in [0.29, 0.717) is 11.3 Å². The number of carbonyl (C=O) groups is 1. The van der Waals surface area contributed by atoms with E-state index >= 15 is 0 Å². The predicted molar refractivity (Wildman–Crippen MR) is 84.8 cm³/mol. The van der Waals surface area contributed by atoms with Gasteiger partial charge in [-0.15, -0.1) is 11.3 Å². The third-order valence-corrected chi connectivity index (χ3v) is 5.07. The van der Waals surface area contributed by atoms with Crippen LogP contribution in [0.2, 0.25) is 0 Å². The number of rotatable bonds is 2. The Morgan fingerprint density at radius 2 is 2.10 bits per heavy atom. The molecule has 1 aliphatic carbocycles. The zero-order chi connectivity index (χ0) is 14.8. The van der Waals surface area contributed by atoms with Crippen molar-refractivity contribution in [1.29, 1.82) is 5.26 Å². The van der Waals surface area contributed by atoms with Crippen LogP contribution in [-0.2, 0) is 12.8 Å². The average molecular weight is 296 g/mol. The molecule has 3 nitrogen and oxygen atoms in total. The van der Waals surface area contributed by atoms with Crippen LogP contribution < -0.4 is 5.32 Å². The summed E-state index contributed by atoms with van der Waals surface area (Å²) in [4.78, 5) is 14.5. The van der Waals surface area contributed by atoms with Crippen molar-refractivity contribution >= 4 is 22.9 Å². The van der Waals surface area contributed by atoms with E-state index in [2.05, 4.69) is 11.4 Å². The van der Waals surface area contributed by atoms with Crippen LogP contribution in [0.15, 0.2) is 24.3 Å². The second-order valence-electron chi connectivity index (χ2n) is 5.36. The molecule has 0 radical (unpaired) electrons. The zero-order valence-electron chi connectivity index (χ0n) is 11.9. The van der Waals surface area contributed by atoms with Gasteiger partial charge in [-0.25, -0.2) is 0 Å². The number of hydrogen-bond donors (Lipinski definition) is 1. The van der Waals surface area contributed by atoms with Gasteiger partial charge in [-0.05, 0) is 61.9 Å². The predicted octanol–water partition coefficient (Wildman–Crippen LogP) is 4.06. The van der Waals surface area contributed by atoms with Gasteiger partial charge in [0.05, 0.1) is 16.5 Å². The minimum atomic E-state index is -0.0763. The number of aryl methyl sites for hydroxylation is 3. The maximum absolute atomic E-state index is 12.4. The highest BCUT2D eigenvalue weighted by Gasteiger charge is 2.17. The van der Waals surface area contributed by atoms with Crippen molar-refractivity contribution in [2.45, 2.75) is 32.6 Å². The fourth-order valence-corrected chi connectivity index (χ4v) is 3.76. The van der Waals surface area contributed by atoms with E-state index < -0.39 is 0 Å². The van der Waals surface area contributed by atoms with Crippen LogP contribution in [0.1, 0.15) is 44.1 Å². The fraction of sp³-hybridized carbons (Fsp3) is 0.294. The highest BCUT2D eigenvalue weighted by molar-refractivity contribution is 7.14. The maximum Gasteiger partial charge on any atom is 0.265 e. The van der Waals surface area contributed by atoms with Crippen LogP contribution >= 0.6 is 11.3 Å². The minimum Gasteiger partial charge on any atom is -0.321 e. The van der Waals surface area contributed by atoms with Gasteiger partial charge in [0.15, 0.2) is 0 Å². The van der Waals surface area contributed by atoms with Gasteiger partial charge in [0, 0.05) is 10.6 Å². The quantitative estimate of drug-likeness (QED) is 0.908. The molecular weight excluding hydrogens is 280 g/mol. The summed E-state index contributed by atoms with van der Waals surface area (Å²) in [6, 6.07) is 9.46. The second kappa shape index (κ2) is 5.71. The van der Waals surface area contributed by atoms with Crippen molar-refractivity contribution in [3.05, 3.63) is 50.7 Å². The Bertz CT molecular complexity index is 716. The van der Waals surface area contributed by atoms with Gasteiger partial charge in [0.1, 0.15) is 0 Å². The number of nitrogens with zero attached hydrogens (tertiary/aromatic N) is 1. The number of nitrogens with one attached hydrogen (secondary N) is 1. The molecule has 0 atom stereocenters. The Balaban J connectivity index is 1.83. The number of thiophene rings is 1. The molecule has 1 aromatic heterocycles. The van der Waals surface area contributed by atoms with Gasteiger partial charge >= 0.3 is 0 Å². The van der Waals surface area contributed by atoms with E-state index in [9.17, 15) is 4.79 Å². The first-order valence-electron chi connectivity index (χ1n) is 7.11. The number of amides is 1. The lowest BCUT2D eigenvalue weighted by molar-refractivity contribution is 0.103. The molecule has 1 aromatic carbocycles. The smallest absolute Gasteiger partial charge is 0.265 e. The molecule has 3 rings (SSSR count). The summed E-state index contributed by atoms with van der Waals surface area (Å²) >= 11 is 1.60. The lowest BCUT2D eigenvalue weighted by Gasteiger charge is -2.08. The van der Waals surface area contributed by atoms with E-state index in [4.69, 9.17) is 5.26 Å².